The van der Waals surface area contributed by atoms with Crippen molar-refractivity contribution in [2.45, 2.75) is 6.92 Å². The van der Waals surface area contributed by atoms with Crippen molar-refractivity contribution in [3.63, 3.8) is 0 Å². The van der Waals surface area contributed by atoms with Crippen molar-refractivity contribution in [3.8, 4) is 11.6 Å². The van der Waals surface area contributed by atoms with Crippen LogP contribution in [0.2, 0.25) is 0 Å². The molecule has 0 aliphatic carbocycles. The minimum absolute atomic E-state index is 0.357. The van der Waals surface area contributed by atoms with Crippen LogP contribution in [0.4, 0.5) is 5.69 Å². The van der Waals surface area contributed by atoms with Gasteiger partial charge in [0.25, 0.3) is 5.89 Å². The standard InChI is InChI=1S/C7H9N5O/c1-4-9-10-7(13-4)6-5(8)3-12(2)11-6/h3H,8H2,1-2H3. The summed E-state index contributed by atoms with van der Waals surface area (Å²) in [7, 11) is 1.78. The van der Waals surface area contributed by atoms with E-state index in [0.717, 1.165) is 0 Å². The van der Waals surface area contributed by atoms with Gasteiger partial charge < -0.3 is 10.2 Å². The Kier molecular flexibility index (Phi) is 1.54. The molecular weight excluding hydrogens is 170 g/mol. The van der Waals surface area contributed by atoms with Gasteiger partial charge in [0.1, 0.15) is 0 Å². The predicted octanol–water partition coefficient (Wildman–Crippen LogP) is 0.361. The number of aryl methyl sites for hydroxylation is 2. The van der Waals surface area contributed by atoms with Gasteiger partial charge in [-0.15, -0.1) is 10.2 Å². The maximum Gasteiger partial charge on any atom is 0.270 e. The third-order valence-corrected chi connectivity index (χ3v) is 1.59. The fourth-order valence-corrected chi connectivity index (χ4v) is 1.07. The minimum atomic E-state index is 0.357. The molecule has 0 spiro atoms. The van der Waals surface area contributed by atoms with Crippen LogP contribution in [-0.2, 0) is 7.05 Å². The molecule has 0 aliphatic rings. The normalized spacial score (nSPS) is 10.6. The first kappa shape index (κ1) is 7.78. The first-order valence-corrected chi connectivity index (χ1v) is 3.76. The molecule has 0 unspecified atom stereocenters. The van der Waals surface area contributed by atoms with Crippen LogP contribution in [0.1, 0.15) is 5.89 Å². The van der Waals surface area contributed by atoms with Gasteiger partial charge in [0.15, 0.2) is 5.69 Å². The Bertz CT molecular complexity index is 430. The molecule has 0 amide bonds. The molecule has 2 rings (SSSR count). The molecule has 0 fully saturated rings. The monoisotopic (exact) mass is 179 g/mol. The second kappa shape index (κ2) is 2.58. The molecule has 2 N–H and O–H groups in total. The fraction of sp³-hybridized carbons (Fsp3) is 0.286. The van der Waals surface area contributed by atoms with Crippen LogP contribution in [0.5, 0.6) is 0 Å². The van der Waals surface area contributed by atoms with E-state index < -0.39 is 0 Å². The lowest BCUT2D eigenvalue weighted by molar-refractivity contribution is 0.530. The van der Waals surface area contributed by atoms with Gasteiger partial charge in [0.05, 0.1) is 5.69 Å². The van der Waals surface area contributed by atoms with E-state index in [1.54, 1.807) is 24.9 Å². The van der Waals surface area contributed by atoms with Crippen molar-refractivity contribution in [3.05, 3.63) is 12.1 Å². The molecule has 2 aromatic rings. The maximum absolute atomic E-state index is 5.67. The highest BCUT2D eigenvalue weighted by atomic mass is 16.4. The zero-order valence-electron chi connectivity index (χ0n) is 7.35. The summed E-state index contributed by atoms with van der Waals surface area (Å²) < 4.78 is 6.79. The van der Waals surface area contributed by atoms with Crippen molar-refractivity contribution >= 4 is 5.69 Å². The van der Waals surface area contributed by atoms with E-state index in [4.69, 9.17) is 10.2 Å². The first-order valence-electron chi connectivity index (χ1n) is 3.76. The Balaban J connectivity index is 2.51. The van der Waals surface area contributed by atoms with Crippen molar-refractivity contribution in [2.75, 3.05) is 5.73 Å². The van der Waals surface area contributed by atoms with Gasteiger partial charge in [-0.1, -0.05) is 0 Å². The Labute approximate surface area is 74.4 Å². The topological polar surface area (TPSA) is 82.8 Å². The zero-order valence-corrected chi connectivity index (χ0v) is 7.35. The average Bonchev–Trinajstić information content (AvgIpc) is 2.58. The second-order valence-electron chi connectivity index (χ2n) is 2.73. The highest BCUT2D eigenvalue weighted by Crippen LogP contribution is 2.21. The lowest BCUT2D eigenvalue weighted by Gasteiger charge is -1.87. The Morgan fingerprint density at radius 3 is 2.69 bits per heavy atom. The largest absolute Gasteiger partial charge is 0.419 e. The van der Waals surface area contributed by atoms with Crippen LogP contribution in [0.3, 0.4) is 0 Å². The zero-order chi connectivity index (χ0) is 9.42. The summed E-state index contributed by atoms with van der Waals surface area (Å²) in [5.74, 6) is 0.857. The summed E-state index contributed by atoms with van der Waals surface area (Å²) in [6, 6.07) is 0. The molecular formula is C7H9N5O. The number of rotatable bonds is 1. The summed E-state index contributed by atoms with van der Waals surface area (Å²) in [6.07, 6.45) is 1.69. The quantitative estimate of drug-likeness (QED) is 0.683. The van der Waals surface area contributed by atoms with E-state index in [0.29, 0.717) is 23.2 Å². The summed E-state index contributed by atoms with van der Waals surface area (Å²) in [6.45, 7) is 1.72. The van der Waals surface area contributed by atoms with Gasteiger partial charge >= 0.3 is 0 Å². The van der Waals surface area contributed by atoms with E-state index >= 15 is 0 Å². The number of aromatic nitrogens is 4. The van der Waals surface area contributed by atoms with Crippen molar-refractivity contribution in [1.82, 2.24) is 20.0 Å². The van der Waals surface area contributed by atoms with Crippen LogP contribution in [0.15, 0.2) is 10.6 Å². The third kappa shape index (κ3) is 1.26. The first-order chi connectivity index (χ1) is 6.16. The molecule has 0 saturated heterocycles. The molecule has 0 bridgehead atoms. The Morgan fingerprint density at radius 1 is 1.46 bits per heavy atom. The second-order valence-corrected chi connectivity index (χ2v) is 2.73. The number of hydrogen-bond acceptors (Lipinski definition) is 5. The molecule has 0 aliphatic heterocycles. The van der Waals surface area contributed by atoms with E-state index in [-0.39, 0.29) is 0 Å². The van der Waals surface area contributed by atoms with Crippen molar-refractivity contribution in [1.29, 1.82) is 0 Å². The number of hydrogen-bond donors (Lipinski definition) is 1. The van der Waals surface area contributed by atoms with Crippen molar-refractivity contribution < 1.29 is 4.42 Å². The highest BCUT2D eigenvalue weighted by Gasteiger charge is 2.13. The summed E-state index contributed by atoms with van der Waals surface area (Å²) in [5.41, 5.74) is 6.74. The molecule has 0 saturated carbocycles. The van der Waals surface area contributed by atoms with Gasteiger partial charge in [0.2, 0.25) is 5.89 Å². The highest BCUT2D eigenvalue weighted by molar-refractivity contribution is 5.64. The summed E-state index contributed by atoms with van der Waals surface area (Å²) in [5, 5.41) is 11.6. The van der Waals surface area contributed by atoms with Gasteiger partial charge in [-0.2, -0.15) is 5.10 Å². The van der Waals surface area contributed by atoms with E-state index in [1.807, 2.05) is 0 Å². The predicted molar refractivity (Wildman–Crippen MR) is 45.6 cm³/mol. The average molecular weight is 179 g/mol. The van der Waals surface area contributed by atoms with Gasteiger partial charge in [-0.3, -0.25) is 4.68 Å². The van der Waals surface area contributed by atoms with E-state index in [2.05, 4.69) is 15.3 Å². The number of nitrogens with zero attached hydrogens (tertiary/aromatic N) is 4. The van der Waals surface area contributed by atoms with Crippen LogP contribution >= 0.6 is 0 Å². The third-order valence-electron chi connectivity index (χ3n) is 1.59. The number of nitrogens with two attached hydrogens (primary N) is 1. The maximum atomic E-state index is 5.67. The van der Waals surface area contributed by atoms with Crippen LogP contribution in [0, 0.1) is 6.92 Å². The Morgan fingerprint density at radius 2 is 2.23 bits per heavy atom. The molecule has 6 heteroatoms. The summed E-state index contributed by atoms with van der Waals surface area (Å²) in [4.78, 5) is 0. The Hall–Kier alpha value is -1.85. The number of nitrogen functional groups attached to an aromatic ring is 1. The molecule has 0 aromatic carbocycles. The van der Waals surface area contributed by atoms with Crippen molar-refractivity contribution in [2.24, 2.45) is 7.05 Å². The van der Waals surface area contributed by atoms with Crippen LogP contribution < -0.4 is 5.73 Å². The van der Waals surface area contributed by atoms with Crippen LogP contribution in [-0.4, -0.2) is 20.0 Å². The van der Waals surface area contributed by atoms with Crippen LogP contribution in [0.25, 0.3) is 11.6 Å². The molecule has 0 atom stereocenters. The van der Waals surface area contributed by atoms with Gasteiger partial charge in [-0.05, 0) is 0 Å². The lowest BCUT2D eigenvalue weighted by Crippen LogP contribution is -1.88. The SMILES string of the molecule is Cc1nnc(-c2nn(C)cc2N)o1. The molecule has 68 valence electrons. The number of anilines is 1. The van der Waals surface area contributed by atoms with Gasteiger partial charge in [-0.25, -0.2) is 0 Å². The smallest absolute Gasteiger partial charge is 0.270 e. The fourth-order valence-electron chi connectivity index (χ4n) is 1.07. The molecule has 0 radical (unpaired) electrons. The molecule has 2 heterocycles. The lowest BCUT2D eigenvalue weighted by atomic mass is 10.4. The van der Waals surface area contributed by atoms with Gasteiger partial charge in [0, 0.05) is 20.2 Å². The summed E-state index contributed by atoms with van der Waals surface area (Å²) >= 11 is 0. The molecule has 13 heavy (non-hydrogen) atoms. The minimum Gasteiger partial charge on any atom is -0.419 e. The van der Waals surface area contributed by atoms with E-state index in [1.165, 1.54) is 0 Å². The molecule has 6 nitrogen and oxygen atoms in total. The molecule has 2 aromatic heterocycles. The van der Waals surface area contributed by atoms with E-state index in [9.17, 15) is 0 Å².